The number of urea groups is 1. The summed E-state index contributed by atoms with van der Waals surface area (Å²) in [6.45, 7) is 1.40. The van der Waals surface area contributed by atoms with Crippen molar-refractivity contribution in [3.8, 4) is 10.6 Å². The van der Waals surface area contributed by atoms with E-state index in [9.17, 15) is 4.79 Å². The van der Waals surface area contributed by atoms with Gasteiger partial charge in [-0.1, -0.05) is 35.9 Å². The van der Waals surface area contributed by atoms with Gasteiger partial charge in [0.1, 0.15) is 0 Å². The summed E-state index contributed by atoms with van der Waals surface area (Å²) >= 11 is 7.67. The molecule has 0 aliphatic heterocycles. The molecule has 0 atom stereocenters. The molecule has 5 nitrogen and oxygen atoms in total. The average molecular weight is 454 g/mol. The maximum Gasteiger partial charge on any atom is 0.322 e. The molecule has 0 radical (unpaired) electrons. The van der Waals surface area contributed by atoms with E-state index in [0.29, 0.717) is 30.4 Å². The fourth-order valence-electron chi connectivity index (χ4n) is 3.74. The maximum atomic E-state index is 13.2. The quantitative estimate of drug-likeness (QED) is 0.360. The number of nitrogens with zero attached hydrogens (tertiary/aromatic N) is 2. The zero-order valence-electron chi connectivity index (χ0n) is 17.5. The summed E-state index contributed by atoms with van der Waals surface area (Å²) in [5, 5.41) is 6.83. The molecule has 0 saturated heterocycles. The van der Waals surface area contributed by atoms with Gasteiger partial charge in [-0.3, -0.25) is 0 Å². The number of thiophene rings is 1. The molecule has 0 spiro atoms. The second-order valence-corrected chi connectivity index (χ2v) is 8.62. The van der Waals surface area contributed by atoms with Gasteiger partial charge in [0.05, 0.1) is 23.7 Å². The number of rotatable bonds is 7. The molecule has 0 unspecified atom stereocenters. The Hall–Kier alpha value is -2.80. The summed E-state index contributed by atoms with van der Waals surface area (Å²) in [5.74, 6) is 0. The molecule has 160 valence electrons. The molecule has 2 aromatic heterocycles. The summed E-state index contributed by atoms with van der Waals surface area (Å²) in [7, 11) is 3.72. The van der Waals surface area contributed by atoms with Crippen LogP contribution in [0.3, 0.4) is 0 Å². The molecular formula is C24H24ClN3O2S. The van der Waals surface area contributed by atoms with E-state index in [1.807, 2.05) is 12.1 Å². The summed E-state index contributed by atoms with van der Waals surface area (Å²) in [4.78, 5) is 16.1. The van der Waals surface area contributed by atoms with Crippen LogP contribution in [0.4, 0.5) is 10.5 Å². The lowest BCUT2D eigenvalue weighted by molar-refractivity contribution is 0.153. The molecule has 4 aromatic rings. The van der Waals surface area contributed by atoms with Crippen LogP contribution >= 0.6 is 22.9 Å². The van der Waals surface area contributed by atoms with Crippen molar-refractivity contribution in [2.75, 3.05) is 25.6 Å². The number of ether oxygens (including phenoxy) is 1. The number of para-hydroxylation sites is 1. The highest BCUT2D eigenvalue weighted by Gasteiger charge is 2.22. The Kier molecular flexibility index (Phi) is 6.61. The molecule has 0 aliphatic rings. The van der Waals surface area contributed by atoms with Crippen LogP contribution in [-0.2, 0) is 18.3 Å². The number of hydrogen-bond donors (Lipinski definition) is 1. The third-order valence-electron chi connectivity index (χ3n) is 5.26. The number of carbonyl (C=O) groups is 1. The molecule has 0 saturated carbocycles. The Labute approximate surface area is 190 Å². The summed E-state index contributed by atoms with van der Waals surface area (Å²) < 4.78 is 7.49. The fraction of sp³-hybridized carbons (Fsp3) is 0.208. The van der Waals surface area contributed by atoms with Gasteiger partial charge in [-0.05, 0) is 41.8 Å². The lowest BCUT2D eigenvalue weighted by Crippen LogP contribution is -2.37. The molecule has 4 rings (SSSR count). The predicted octanol–water partition coefficient (Wildman–Crippen LogP) is 6.24. The van der Waals surface area contributed by atoms with Crippen LogP contribution in [0.2, 0.25) is 5.02 Å². The molecule has 31 heavy (non-hydrogen) atoms. The molecule has 1 N–H and O–H groups in total. The lowest BCUT2D eigenvalue weighted by Gasteiger charge is -2.23. The Balaban J connectivity index is 1.70. The standard InChI is InChI=1S/C24H24ClN3O2S/c1-27-21-7-4-3-6-19(21)20(23(27)22-8-5-15-31-22)16-28(13-14-30-2)24(29)26-18-11-9-17(25)10-12-18/h3-12,15H,13-14,16H2,1-2H3,(H,26,29). The molecular weight excluding hydrogens is 430 g/mol. The third kappa shape index (κ3) is 4.61. The molecule has 0 bridgehead atoms. The summed E-state index contributed by atoms with van der Waals surface area (Å²) in [6, 6.07) is 19.4. The van der Waals surface area contributed by atoms with Crippen LogP contribution in [0.15, 0.2) is 66.0 Å². The highest BCUT2D eigenvalue weighted by Crippen LogP contribution is 2.36. The maximum absolute atomic E-state index is 13.2. The minimum Gasteiger partial charge on any atom is -0.383 e. The number of carbonyl (C=O) groups excluding carboxylic acids is 1. The van der Waals surface area contributed by atoms with Gasteiger partial charge in [-0.25, -0.2) is 4.79 Å². The van der Waals surface area contributed by atoms with Crippen LogP contribution in [0, 0.1) is 0 Å². The summed E-state index contributed by atoms with van der Waals surface area (Å²) in [6.07, 6.45) is 0. The van der Waals surface area contributed by atoms with E-state index in [2.05, 4.69) is 46.6 Å². The van der Waals surface area contributed by atoms with Gasteiger partial charge in [0.25, 0.3) is 0 Å². The molecule has 7 heteroatoms. The van der Waals surface area contributed by atoms with E-state index in [0.717, 1.165) is 22.2 Å². The van der Waals surface area contributed by atoms with E-state index in [1.54, 1.807) is 47.6 Å². The van der Waals surface area contributed by atoms with Gasteiger partial charge in [0.15, 0.2) is 0 Å². The average Bonchev–Trinajstić information content (AvgIpc) is 3.39. The van der Waals surface area contributed by atoms with E-state index < -0.39 is 0 Å². The number of benzene rings is 2. The monoisotopic (exact) mass is 453 g/mol. The number of nitrogens with one attached hydrogen (secondary N) is 1. The van der Waals surface area contributed by atoms with Crippen LogP contribution in [0.5, 0.6) is 0 Å². The van der Waals surface area contributed by atoms with Gasteiger partial charge >= 0.3 is 6.03 Å². The molecule has 0 fully saturated rings. The Bertz CT molecular complexity index is 1170. The fourth-order valence-corrected chi connectivity index (χ4v) is 4.70. The summed E-state index contributed by atoms with van der Waals surface area (Å²) in [5.41, 5.74) is 4.11. The van der Waals surface area contributed by atoms with E-state index in [4.69, 9.17) is 16.3 Å². The van der Waals surface area contributed by atoms with Crippen molar-refractivity contribution in [2.24, 2.45) is 7.05 Å². The number of hydrogen-bond acceptors (Lipinski definition) is 3. The van der Waals surface area contributed by atoms with Gasteiger partial charge in [-0.2, -0.15) is 0 Å². The van der Waals surface area contributed by atoms with Gasteiger partial charge < -0.3 is 19.5 Å². The normalized spacial score (nSPS) is 11.1. The van der Waals surface area contributed by atoms with E-state index in [-0.39, 0.29) is 6.03 Å². The number of anilines is 1. The Morgan fingerprint density at radius 1 is 1.13 bits per heavy atom. The first-order valence-corrected chi connectivity index (χ1v) is 11.2. The van der Waals surface area contributed by atoms with Crippen molar-refractivity contribution >= 4 is 45.6 Å². The van der Waals surface area contributed by atoms with Crippen molar-refractivity contribution in [2.45, 2.75) is 6.54 Å². The van der Waals surface area contributed by atoms with E-state index >= 15 is 0 Å². The van der Waals surface area contributed by atoms with Crippen molar-refractivity contribution in [3.63, 3.8) is 0 Å². The number of aromatic nitrogens is 1. The topological polar surface area (TPSA) is 46.5 Å². The molecule has 2 aromatic carbocycles. The highest BCUT2D eigenvalue weighted by atomic mass is 35.5. The third-order valence-corrected chi connectivity index (χ3v) is 6.39. The van der Waals surface area contributed by atoms with E-state index in [1.165, 1.54) is 4.88 Å². The van der Waals surface area contributed by atoms with Crippen molar-refractivity contribution in [1.29, 1.82) is 0 Å². The van der Waals surface area contributed by atoms with Crippen LogP contribution < -0.4 is 5.32 Å². The SMILES string of the molecule is COCCN(Cc1c(-c2cccs2)n(C)c2ccccc12)C(=O)Nc1ccc(Cl)cc1. The highest BCUT2D eigenvalue weighted by molar-refractivity contribution is 7.13. The number of halogens is 1. The van der Waals surface area contributed by atoms with Crippen LogP contribution in [-0.4, -0.2) is 35.8 Å². The van der Waals surface area contributed by atoms with Gasteiger partial charge in [0.2, 0.25) is 0 Å². The van der Waals surface area contributed by atoms with Crippen molar-refractivity contribution in [3.05, 3.63) is 76.6 Å². The number of aryl methyl sites for hydroxylation is 1. The lowest BCUT2D eigenvalue weighted by atomic mass is 10.1. The minimum absolute atomic E-state index is 0.176. The molecule has 0 aliphatic carbocycles. The first kappa shape index (κ1) is 21.4. The minimum atomic E-state index is -0.176. The van der Waals surface area contributed by atoms with Crippen LogP contribution in [0.25, 0.3) is 21.5 Å². The van der Waals surface area contributed by atoms with Crippen molar-refractivity contribution < 1.29 is 9.53 Å². The number of amides is 2. The van der Waals surface area contributed by atoms with Crippen LogP contribution in [0.1, 0.15) is 5.56 Å². The molecule has 2 amide bonds. The predicted molar refractivity (Wildman–Crippen MR) is 129 cm³/mol. The molecule has 2 heterocycles. The Morgan fingerprint density at radius 2 is 1.90 bits per heavy atom. The van der Waals surface area contributed by atoms with Gasteiger partial charge in [-0.15, -0.1) is 11.3 Å². The first-order valence-electron chi connectivity index (χ1n) is 9.99. The van der Waals surface area contributed by atoms with Gasteiger partial charge in [0, 0.05) is 47.9 Å². The number of fused-ring (bicyclic) bond motifs is 1. The smallest absolute Gasteiger partial charge is 0.322 e. The Morgan fingerprint density at radius 3 is 2.61 bits per heavy atom. The zero-order valence-corrected chi connectivity index (χ0v) is 19.0. The number of methoxy groups -OCH3 is 1. The first-order chi connectivity index (χ1) is 15.1. The second kappa shape index (κ2) is 9.56. The van der Waals surface area contributed by atoms with Crippen molar-refractivity contribution in [1.82, 2.24) is 9.47 Å². The second-order valence-electron chi connectivity index (χ2n) is 7.23. The zero-order chi connectivity index (χ0) is 21.8. The largest absolute Gasteiger partial charge is 0.383 e.